The van der Waals surface area contributed by atoms with Crippen LogP contribution in [-0.4, -0.2) is 19.2 Å². The Balaban J connectivity index is 2.00. The topological polar surface area (TPSA) is 59.3 Å². The van der Waals surface area contributed by atoms with Gasteiger partial charge in [-0.05, 0) is 17.2 Å². The highest BCUT2D eigenvalue weighted by Crippen LogP contribution is 2.21. The van der Waals surface area contributed by atoms with Gasteiger partial charge in [-0.25, -0.2) is 4.79 Å². The van der Waals surface area contributed by atoms with Gasteiger partial charge >= 0.3 is 5.97 Å². The number of ether oxygens (including phenoxy) is 2. The molecule has 4 nitrogen and oxygen atoms in total. The van der Waals surface area contributed by atoms with E-state index in [-0.39, 0.29) is 13.2 Å². The van der Waals surface area contributed by atoms with Crippen LogP contribution >= 0.6 is 0 Å². The zero-order valence-electron chi connectivity index (χ0n) is 11.5. The van der Waals surface area contributed by atoms with Gasteiger partial charge in [-0.1, -0.05) is 48.5 Å². The number of benzene rings is 2. The summed E-state index contributed by atoms with van der Waals surface area (Å²) >= 11 is 0. The van der Waals surface area contributed by atoms with E-state index in [4.69, 9.17) is 10.00 Å². The van der Waals surface area contributed by atoms with Gasteiger partial charge < -0.3 is 9.47 Å². The van der Waals surface area contributed by atoms with Crippen molar-refractivity contribution in [3.05, 3.63) is 65.7 Å². The summed E-state index contributed by atoms with van der Waals surface area (Å²) in [6, 6.07) is 19.3. The van der Waals surface area contributed by atoms with Gasteiger partial charge in [0.1, 0.15) is 11.8 Å². The Morgan fingerprint density at radius 1 is 1.05 bits per heavy atom. The summed E-state index contributed by atoms with van der Waals surface area (Å²) in [6.45, 7) is -0.457. The normalized spacial score (nSPS) is 9.67. The van der Waals surface area contributed by atoms with Gasteiger partial charge in [0.05, 0.1) is 0 Å². The van der Waals surface area contributed by atoms with Gasteiger partial charge in [0, 0.05) is 6.42 Å². The molecule has 0 N–H and O–H groups in total. The van der Waals surface area contributed by atoms with Crippen molar-refractivity contribution in [1.29, 1.82) is 5.26 Å². The summed E-state index contributed by atoms with van der Waals surface area (Å²) in [7, 11) is 0. The molecule has 21 heavy (non-hydrogen) atoms. The molecule has 0 saturated carbocycles. The average Bonchev–Trinajstić information content (AvgIpc) is 2.53. The summed E-state index contributed by atoms with van der Waals surface area (Å²) in [5.74, 6) is 0.0984. The lowest BCUT2D eigenvalue weighted by atomic mass is 10.0. The van der Waals surface area contributed by atoms with E-state index in [1.54, 1.807) is 6.07 Å². The van der Waals surface area contributed by atoms with Crippen LogP contribution in [0.1, 0.15) is 11.1 Å². The zero-order valence-corrected chi connectivity index (χ0v) is 11.5. The molecule has 0 fully saturated rings. The van der Waals surface area contributed by atoms with Crippen LogP contribution in [0, 0.1) is 11.3 Å². The quantitative estimate of drug-likeness (QED) is 0.764. The number of esters is 1. The molecule has 2 aromatic rings. The first-order valence-corrected chi connectivity index (χ1v) is 6.57. The molecular formula is C17H15NO3. The Morgan fingerprint density at radius 3 is 2.52 bits per heavy atom. The third kappa shape index (κ3) is 4.66. The van der Waals surface area contributed by atoms with E-state index in [2.05, 4.69) is 4.74 Å². The summed E-state index contributed by atoms with van der Waals surface area (Å²) in [6.07, 6.45) is 0.726. The number of hydrogen-bond acceptors (Lipinski definition) is 4. The number of para-hydroxylation sites is 1. The van der Waals surface area contributed by atoms with Crippen LogP contribution in [0.5, 0.6) is 5.75 Å². The molecule has 2 aromatic carbocycles. The SMILES string of the molecule is N#CCOC(=O)COc1ccccc1Cc1ccccc1. The second-order valence-electron chi connectivity index (χ2n) is 4.38. The molecule has 0 spiro atoms. The number of rotatable bonds is 6. The van der Waals surface area contributed by atoms with Gasteiger partial charge in [0.15, 0.2) is 13.2 Å². The first-order valence-electron chi connectivity index (χ1n) is 6.57. The van der Waals surface area contributed by atoms with Gasteiger partial charge in [-0.2, -0.15) is 5.26 Å². The Bertz CT molecular complexity index is 632. The molecule has 0 unspecified atom stereocenters. The molecule has 0 aliphatic rings. The third-order valence-electron chi connectivity index (χ3n) is 2.85. The molecule has 0 amide bonds. The van der Waals surface area contributed by atoms with Crippen molar-refractivity contribution in [2.24, 2.45) is 0 Å². The van der Waals surface area contributed by atoms with Crippen molar-refractivity contribution < 1.29 is 14.3 Å². The molecule has 0 heterocycles. The van der Waals surface area contributed by atoms with Crippen LogP contribution < -0.4 is 4.74 Å². The van der Waals surface area contributed by atoms with Crippen molar-refractivity contribution in [1.82, 2.24) is 0 Å². The minimum atomic E-state index is -0.550. The molecule has 0 aliphatic heterocycles. The van der Waals surface area contributed by atoms with Crippen LogP contribution in [0.15, 0.2) is 54.6 Å². The number of hydrogen-bond donors (Lipinski definition) is 0. The fourth-order valence-corrected chi connectivity index (χ4v) is 1.90. The number of nitriles is 1. The average molecular weight is 281 g/mol. The fourth-order valence-electron chi connectivity index (χ4n) is 1.90. The lowest BCUT2D eigenvalue weighted by Gasteiger charge is -2.10. The minimum Gasteiger partial charge on any atom is -0.482 e. The predicted octanol–water partition coefficient (Wildman–Crippen LogP) is 2.72. The molecule has 4 heteroatoms. The zero-order chi connectivity index (χ0) is 14.9. The van der Waals surface area contributed by atoms with Gasteiger partial charge in [-0.3, -0.25) is 0 Å². The van der Waals surface area contributed by atoms with Crippen molar-refractivity contribution in [2.45, 2.75) is 6.42 Å². The largest absolute Gasteiger partial charge is 0.482 e. The predicted molar refractivity (Wildman–Crippen MR) is 77.8 cm³/mol. The molecule has 2 rings (SSSR count). The molecule has 0 atom stereocenters. The lowest BCUT2D eigenvalue weighted by Crippen LogP contribution is -2.15. The Hall–Kier alpha value is -2.80. The summed E-state index contributed by atoms with van der Waals surface area (Å²) in [5.41, 5.74) is 2.16. The van der Waals surface area contributed by atoms with Crippen LogP contribution in [0.2, 0.25) is 0 Å². The summed E-state index contributed by atoms with van der Waals surface area (Å²) in [5, 5.41) is 8.34. The maximum atomic E-state index is 11.3. The lowest BCUT2D eigenvalue weighted by molar-refractivity contribution is -0.144. The van der Waals surface area contributed by atoms with Crippen LogP contribution in [0.3, 0.4) is 0 Å². The third-order valence-corrected chi connectivity index (χ3v) is 2.85. The highest BCUT2D eigenvalue weighted by atomic mass is 16.6. The van der Waals surface area contributed by atoms with E-state index in [0.717, 1.165) is 12.0 Å². The summed E-state index contributed by atoms with van der Waals surface area (Å²) < 4.78 is 10.1. The standard InChI is InChI=1S/C17H15NO3/c18-10-11-20-17(19)13-21-16-9-5-4-8-15(16)12-14-6-2-1-3-7-14/h1-9H,11-13H2. The number of nitrogens with zero attached hydrogens (tertiary/aromatic N) is 1. The van der Waals surface area contributed by atoms with Crippen molar-refractivity contribution in [2.75, 3.05) is 13.2 Å². The van der Waals surface area contributed by atoms with Crippen LogP contribution in [0.25, 0.3) is 0 Å². The van der Waals surface area contributed by atoms with Gasteiger partial charge in [0.25, 0.3) is 0 Å². The second kappa shape index (κ2) is 7.71. The molecule has 0 aliphatic carbocycles. The van der Waals surface area contributed by atoms with E-state index in [1.807, 2.05) is 54.6 Å². The summed E-state index contributed by atoms with van der Waals surface area (Å²) in [4.78, 5) is 11.3. The first-order chi connectivity index (χ1) is 10.3. The second-order valence-corrected chi connectivity index (χ2v) is 4.38. The van der Waals surface area contributed by atoms with Crippen LogP contribution in [-0.2, 0) is 16.0 Å². The molecule has 106 valence electrons. The van der Waals surface area contributed by atoms with E-state index in [1.165, 1.54) is 5.56 Å². The Labute approximate surface area is 123 Å². The minimum absolute atomic E-state index is 0.201. The first kappa shape index (κ1) is 14.6. The maximum absolute atomic E-state index is 11.3. The highest BCUT2D eigenvalue weighted by molar-refractivity contribution is 5.71. The molecule has 0 bridgehead atoms. The van der Waals surface area contributed by atoms with Crippen molar-refractivity contribution >= 4 is 5.97 Å². The van der Waals surface area contributed by atoms with E-state index in [0.29, 0.717) is 5.75 Å². The maximum Gasteiger partial charge on any atom is 0.345 e. The number of carbonyl (C=O) groups is 1. The number of carbonyl (C=O) groups excluding carboxylic acids is 1. The van der Waals surface area contributed by atoms with E-state index >= 15 is 0 Å². The monoisotopic (exact) mass is 281 g/mol. The Kier molecular flexibility index (Phi) is 5.36. The van der Waals surface area contributed by atoms with Crippen molar-refractivity contribution in [3.8, 4) is 11.8 Å². The molecule has 0 saturated heterocycles. The molecule has 0 aromatic heterocycles. The van der Waals surface area contributed by atoms with Crippen LogP contribution in [0.4, 0.5) is 0 Å². The van der Waals surface area contributed by atoms with E-state index in [9.17, 15) is 4.79 Å². The molecule has 0 radical (unpaired) electrons. The van der Waals surface area contributed by atoms with Gasteiger partial charge in [-0.15, -0.1) is 0 Å². The smallest absolute Gasteiger partial charge is 0.345 e. The van der Waals surface area contributed by atoms with Gasteiger partial charge in [0.2, 0.25) is 0 Å². The Morgan fingerprint density at radius 2 is 1.76 bits per heavy atom. The van der Waals surface area contributed by atoms with Crippen molar-refractivity contribution in [3.63, 3.8) is 0 Å². The highest BCUT2D eigenvalue weighted by Gasteiger charge is 2.08. The fraction of sp³-hybridized carbons (Fsp3) is 0.176. The molecular weight excluding hydrogens is 266 g/mol. The van der Waals surface area contributed by atoms with E-state index < -0.39 is 5.97 Å².